The molecular weight excluding hydrogens is 290 g/mol. The molecule has 1 aliphatic rings. The van der Waals surface area contributed by atoms with Crippen molar-refractivity contribution >= 4 is 17.0 Å². The topological polar surface area (TPSA) is 68.0 Å². The number of carbonyl (C=O) groups is 1. The number of hydrogen-bond acceptors (Lipinski definition) is 4. The highest BCUT2D eigenvalue weighted by Crippen LogP contribution is 2.23. The van der Waals surface area contributed by atoms with Crippen molar-refractivity contribution in [2.75, 3.05) is 0 Å². The number of amides is 1. The van der Waals surface area contributed by atoms with Gasteiger partial charge in [0.1, 0.15) is 0 Å². The standard InChI is InChI=1S/C18H17N3O2/c1-11-16-8-15(10-20-18(16)23-21-11)17(22)19-9-12-5-6-13-3-2-4-14(13)7-12/h5-8,10H,2-4,9H2,1H3,(H,19,22). The van der Waals surface area contributed by atoms with Crippen molar-refractivity contribution in [2.24, 2.45) is 0 Å². The summed E-state index contributed by atoms with van der Waals surface area (Å²) in [5.74, 6) is -0.138. The molecule has 116 valence electrons. The van der Waals surface area contributed by atoms with Gasteiger partial charge in [-0.3, -0.25) is 4.79 Å². The molecule has 0 saturated heterocycles. The molecule has 3 aromatic rings. The molecule has 5 nitrogen and oxygen atoms in total. The zero-order valence-electron chi connectivity index (χ0n) is 12.9. The Morgan fingerprint density at radius 3 is 3.04 bits per heavy atom. The summed E-state index contributed by atoms with van der Waals surface area (Å²) < 4.78 is 5.06. The highest BCUT2D eigenvalue weighted by Gasteiger charge is 2.13. The Morgan fingerprint density at radius 1 is 1.26 bits per heavy atom. The number of hydrogen-bond donors (Lipinski definition) is 1. The average molecular weight is 307 g/mol. The van der Waals surface area contributed by atoms with E-state index in [-0.39, 0.29) is 5.91 Å². The third kappa shape index (κ3) is 2.59. The van der Waals surface area contributed by atoms with Crippen LogP contribution in [0, 0.1) is 6.92 Å². The molecule has 1 N–H and O–H groups in total. The molecule has 1 aromatic carbocycles. The SMILES string of the molecule is Cc1noc2ncc(C(=O)NCc3ccc4c(c3)CCC4)cc12. The molecule has 0 fully saturated rings. The zero-order chi connectivity index (χ0) is 15.8. The number of nitrogens with one attached hydrogen (secondary N) is 1. The molecule has 0 bridgehead atoms. The lowest BCUT2D eigenvalue weighted by Gasteiger charge is -2.07. The number of nitrogens with zero attached hydrogens (tertiary/aromatic N) is 2. The van der Waals surface area contributed by atoms with Crippen LogP contribution in [0.2, 0.25) is 0 Å². The first-order valence-corrected chi connectivity index (χ1v) is 7.81. The molecule has 0 radical (unpaired) electrons. The molecule has 0 atom stereocenters. The molecule has 4 rings (SSSR count). The van der Waals surface area contributed by atoms with Gasteiger partial charge in [0.05, 0.1) is 16.6 Å². The van der Waals surface area contributed by atoms with Crippen molar-refractivity contribution in [1.82, 2.24) is 15.5 Å². The van der Waals surface area contributed by atoms with Gasteiger partial charge in [0.15, 0.2) is 0 Å². The van der Waals surface area contributed by atoms with E-state index in [4.69, 9.17) is 4.52 Å². The van der Waals surface area contributed by atoms with Gasteiger partial charge >= 0.3 is 0 Å². The number of carbonyl (C=O) groups excluding carboxylic acids is 1. The Bertz CT molecular complexity index is 898. The second-order valence-corrected chi connectivity index (χ2v) is 5.98. The van der Waals surface area contributed by atoms with E-state index in [1.807, 2.05) is 6.92 Å². The fourth-order valence-electron chi connectivity index (χ4n) is 3.09. The van der Waals surface area contributed by atoms with E-state index < -0.39 is 0 Å². The Kier molecular flexibility index (Phi) is 3.33. The fourth-order valence-corrected chi connectivity index (χ4v) is 3.09. The Labute approximate surface area is 133 Å². The van der Waals surface area contributed by atoms with Crippen molar-refractivity contribution in [3.63, 3.8) is 0 Å². The van der Waals surface area contributed by atoms with Crippen molar-refractivity contribution in [3.05, 3.63) is 58.4 Å². The minimum Gasteiger partial charge on any atom is -0.348 e. The van der Waals surface area contributed by atoms with Crippen LogP contribution in [-0.2, 0) is 19.4 Å². The maximum absolute atomic E-state index is 12.3. The third-order valence-electron chi connectivity index (χ3n) is 4.39. The second kappa shape index (κ2) is 5.50. The van der Waals surface area contributed by atoms with Crippen LogP contribution in [0.15, 0.2) is 35.0 Å². The van der Waals surface area contributed by atoms with Gasteiger partial charge in [-0.2, -0.15) is 0 Å². The van der Waals surface area contributed by atoms with Crippen LogP contribution in [0.25, 0.3) is 11.1 Å². The lowest BCUT2D eigenvalue weighted by Crippen LogP contribution is -2.23. The van der Waals surface area contributed by atoms with Gasteiger partial charge in [0, 0.05) is 12.7 Å². The van der Waals surface area contributed by atoms with Crippen LogP contribution >= 0.6 is 0 Å². The number of aryl methyl sites for hydroxylation is 3. The first-order valence-electron chi connectivity index (χ1n) is 7.81. The Morgan fingerprint density at radius 2 is 2.13 bits per heavy atom. The van der Waals surface area contributed by atoms with Crippen molar-refractivity contribution in [3.8, 4) is 0 Å². The molecule has 0 spiro atoms. The molecule has 23 heavy (non-hydrogen) atoms. The minimum absolute atomic E-state index is 0.138. The van der Waals surface area contributed by atoms with E-state index in [1.165, 1.54) is 30.2 Å². The van der Waals surface area contributed by atoms with Crippen molar-refractivity contribution in [1.29, 1.82) is 0 Å². The van der Waals surface area contributed by atoms with Gasteiger partial charge < -0.3 is 9.84 Å². The molecule has 0 aliphatic heterocycles. The van der Waals surface area contributed by atoms with Crippen molar-refractivity contribution in [2.45, 2.75) is 32.7 Å². The maximum atomic E-state index is 12.3. The third-order valence-corrected chi connectivity index (χ3v) is 4.39. The lowest BCUT2D eigenvalue weighted by atomic mass is 10.1. The number of benzene rings is 1. The van der Waals surface area contributed by atoms with Crippen LogP contribution in [0.4, 0.5) is 0 Å². The summed E-state index contributed by atoms with van der Waals surface area (Å²) in [4.78, 5) is 16.5. The first kappa shape index (κ1) is 13.9. The van der Waals surface area contributed by atoms with Crippen LogP contribution in [0.1, 0.15) is 39.2 Å². The van der Waals surface area contributed by atoms with Crippen LogP contribution in [-0.4, -0.2) is 16.0 Å². The summed E-state index contributed by atoms with van der Waals surface area (Å²) in [5, 5.41) is 7.58. The average Bonchev–Trinajstić information content (AvgIpc) is 3.18. The number of aromatic nitrogens is 2. The Balaban J connectivity index is 1.49. The molecular formula is C18H17N3O2. The zero-order valence-corrected chi connectivity index (χ0v) is 12.9. The molecule has 1 amide bonds. The predicted octanol–water partition coefficient (Wildman–Crippen LogP) is 2.95. The molecule has 0 unspecified atom stereocenters. The molecule has 1 aliphatic carbocycles. The first-order chi connectivity index (χ1) is 11.2. The van der Waals surface area contributed by atoms with Gasteiger partial charge in [-0.25, -0.2) is 4.98 Å². The van der Waals surface area contributed by atoms with Crippen LogP contribution in [0.3, 0.4) is 0 Å². The second-order valence-electron chi connectivity index (χ2n) is 5.98. The van der Waals surface area contributed by atoms with Crippen molar-refractivity contribution < 1.29 is 9.32 Å². The van der Waals surface area contributed by atoms with Gasteiger partial charge in [-0.05, 0) is 48.9 Å². The Hall–Kier alpha value is -2.69. The van der Waals surface area contributed by atoms with Gasteiger partial charge in [-0.1, -0.05) is 23.4 Å². The summed E-state index contributed by atoms with van der Waals surface area (Å²) in [5.41, 5.74) is 5.70. The summed E-state index contributed by atoms with van der Waals surface area (Å²) >= 11 is 0. The highest BCUT2D eigenvalue weighted by atomic mass is 16.5. The number of pyridine rings is 1. The lowest BCUT2D eigenvalue weighted by molar-refractivity contribution is 0.0950. The molecule has 0 saturated carbocycles. The van der Waals surface area contributed by atoms with Crippen LogP contribution < -0.4 is 5.32 Å². The summed E-state index contributed by atoms with van der Waals surface area (Å²) in [6, 6.07) is 8.24. The number of fused-ring (bicyclic) bond motifs is 2. The quantitative estimate of drug-likeness (QED) is 0.808. The molecule has 2 heterocycles. The maximum Gasteiger partial charge on any atom is 0.257 e. The van der Waals surface area contributed by atoms with Gasteiger partial charge in [-0.15, -0.1) is 0 Å². The van der Waals surface area contributed by atoms with Crippen LogP contribution in [0.5, 0.6) is 0 Å². The smallest absolute Gasteiger partial charge is 0.257 e. The molecule has 2 aromatic heterocycles. The molecule has 5 heteroatoms. The van der Waals surface area contributed by atoms with Gasteiger partial charge in [0.25, 0.3) is 11.6 Å². The van der Waals surface area contributed by atoms with Gasteiger partial charge in [0.2, 0.25) is 0 Å². The normalized spacial score (nSPS) is 13.3. The largest absolute Gasteiger partial charge is 0.348 e. The summed E-state index contributed by atoms with van der Waals surface area (Å²) in [6.07, 6.45) is 5.07. The van der Waals surface area contributed by atoms with E-state index in [0.717, 1.165) is 23.1 Å². The minimum atomic E-state index is -0.138. The highest BCUT2D eigenvalue weighted by molar-refractivity contribution is 5.96. The van der Waals surface area contributed by atoms with E-state index in [9.17, 15) is 4.79 Å². The number of rotatable bonds is 3. The monoisotopic (exact) mass is 307 g/mol. The van der Waals surface area contributed by atoms with E-state index in [1.54, 1.807) is 6.07 Å². The summed E-state index contributed by atoms with van der Waals surface area (Å²) in [7, 11) is 0. The van der Waals surface area contributed by atoms with E-state index in [0.29, 0.717) is 17.8 Å². The predicted molar refractivity (Wildman–Crippen MR) is 86.2 cm³/mol. The fraction of sp³-hybridized carbons (Fsp3) is 0.278. The summed E-state index contributed by atoms with van der Waals surface area (Å²) in [6.45, 7) is 2.35. The van der Waals surface area contributed by atoms with E-state index in [2.05, 4.69) is 33.7 Å². The van der Waals surface area contributed by atoms with E-state index >= 15 is 0 Å².